The maximum Gasteiger partial charge on any atom is 0.174 e. The summed E-state index contributed by atoms with van der Waals surface area (Å²) in [5, 5.41) is 5.44. The van der Waals surface area contributed by atoms with Crippen LogP contribution < -0.4 is 10.1 Å². The molecule has 0 saturated heterocycles. The predicted octanol–water partition coefficient (Wildman–Crippen LogP) is 6.06. The number of rotatable bonds is 8. The summed E-state index contributed by atoms with van der Waals surface area (Å²) in [4.78, 5) is 2.28. The molecule has 154 valence electrons. The first-order valence-corrected chi connectivity index (χ1v) is 10.9. The molecule has 0 amide bonds. The molecule has 3 aromatic rings. The number of benzene rings is 2. The molecule has 0 aliphatic rings. The minimum absolute atomic E-state index is 0.318. The Morgan fingerprint density at radius 1 is 1.10 bits per heavy atom. The highest BCUT2D eigenvalue weighted by Crippen LogP contribution is 2.27. The van der Waals surface area contributed by atoms with Gasteiger partial charge in [-0.2, -0.15) is 0 Å². The lowest BCUT2D eigenvalue weighted by Gasteiger charge is -2.31. The van der Waals surface area contributed by atoms with Crippen molar-refractivity contribution in [3.8, 4) is 5.75 Å². The molecule has 3 rings (SSSR count). The van der Waals surface area contributed by atoms with E-state index in [2.05, 4.69) is 66.0 Å². The molecule has 0 spiro atoms. The van der Waals surface area contributed by atoms with Gasteiger partial charge in [-0.15, -0.1) is 0 Å². The van der Waals surface area contributed by atoms with E-state index in [1.54, 1.807) is 0 Å². The summed E-state index contributed by atoms with van der Waals surface area (Å²) in [6.07, 6.45) is 3.28. The van der Waals surface area contributed by atoms with Gasteiger partial charge in [0.2, 0.25) is 0 Å². The number of aromatic nitrogens is 1. The summed E-state index contributed by atoms with van der Waals surface area (Å²) >= 11 is 5.85. The van der Waals surface area contributed by atoms with Crippen LogP contribution in [0.25, 0.3) is 10.9 Å². The van der Waals surface area contributed by atoms with Gasteiger partial charge in [-0.25, -0.2) is 0 Å². The molecule has 0 aliphatic carbocycles. The summed E-state index contributed by atoms with van der Waals surface area (Å²) in [5.74, 6) is 0.823. The zero-order chi connectivity index (χ0) is 20.8. The number of ether oxygens (including phenoxy) is 1. The first-order valence-electron chi connectivity index (χ1n) is 10.4. The highest BCUT2D eigenvalue weighted by Gasteiger charge is 2.19. The maximum atomic E-state index is 5.85. The molecular weight excluding hydrogens is 378 g/mol. The highest BCUT2D eigenvalue weighted by molar-refractivity contribution is 7.80. The van der Waals surface area contributed by atoms with E-state index in [1.165, 1.54) is 16.5 Å². The van der Waals surface area contributed by atoms with E-state index < -0.39 is 0 Å². The van der Waals surface area contributed by atoms with Gasteiger partial charge in [0.05, 0.1) is 12.3 Å². The first kappa shape index (κ1) is 21.2. The number of aryl methyl sites for hydroxylation is 1. The second kappa shape index (κ2) is 9.79. The fourth-order valence-electron chi connectivity index (χ4n) is 3.58. The fraction of sp³-hybridized carbons (Fsp3) is 0.375. The van der Waals surface area contributed by atoms with E-state index >= 15 is 0 Å². The smallest absolute Gasteiger partial charge is 0.174 e. The van der Waals surface area contributed by atoms with Crippen LogP contribution in [-0.4, -0.2) is 27.2 Å². The molecule has 1 aromatic heterocycles. The molecule has 0 fully saturated rings. The van der Waals surface area contributed by atoms with Crippen molar-refractivity contribution in [3.63, 3.8) is 0 Å². The molecule has 1 atom stereocenters. The zero-order valence-electron chi connectivity index (χ0n) is 17.8. The van der Waals surface area contributed by atoms with Crippen LogP contribution in [0.15, 0.2) is 54.7 Å². The summed E-state index contributed by atoms with van der Waals surface area (Å²) < 4.78 is 8.06. The van der Waals surface area contributed by atoms with Crippen LogP contribution in [-0.2, 0) is 13.1 Å². The minimum Gasteiger partial charge on any atom is -0.492 e. The van der Waals surface area contributed by atoms with Gasteiger partial charge >= 0.3 is 0 Å². The van der Waals surface area contributed by atoms with Gasteiger partial charge in [0.15, 0.2) is 5.11 Å². The van der Waals surface area contributed by atoms with E-state index in [4.69, 9.17) is 17.0 Å². The van der Waals surface area contributed by atoms with E-state index in [0.29, 0.717) is 12.6 Å². The third-order valence-corrected chi connectivity index (χ3v) is 5.70. The second-order valence-corrected chi connectivity index (χ2v) is 7.59. The minimum atomic E-state index is 0.318. The van der Waals surface area contributed by atoms with E-state index in [1.807, 2.05) is 31.2 Å². The Morgan fingerprint density at radius 2 is 1.83 bits per heavy atom. The Hall–Kier alpha value is -2.53. The molecule has 1 heterocycles. The monoisotopic (exact) mass is 409 g/mol. The lowest BCUT2D eigenvalue weighted by molar-refractivity contribution is 0.319. The molecule has 1 N–H and O–H groups in total. The quantitative estimate of drug-likeness (QED) is 0.458. The van der Waals surface area contributed by atoms with Crippen LogP contribution in [0, 0.1) is 0 Å². The van der Waals surface area contributed by atoms with Gasteiger partial charge in [0.1, 0.15) is 5.75 Å². The van der Waals surface area contributed by atoms with Gasteiger partial charge < -0.3 is 19.5 Å². The van der Waals surface area contributed by atoms with Crippen molar-refractivity contribution < 1.29 is 4.74 Å². The third kappa shape index (κ3) is 4.73. The molecule has 4 nitrogen and oxygen atoms in total. The second-order valence-electron chi connectivity index (χ2n) is 7.20. The Labute approximate surface area is 179 Å². The van der Waals surface area contributed by atoms with Crippen molar-refractivity contribution >= 4 is 33.9 Å². The van der Waals surface area contributed by atoms with Gasteiger partial charge in [0.25, 0.3) is 0 Å². The molecular formula is C24H31N3OS. The van der Waals surface area contributed by atoms with Gasteiger partial charge in [-0.1, -0.05) is 37.3 Å². The van der Waals surface area contributed by atoms with Crippen molar-refractivity contribution in [1.82, 2.24) is 9.47 Å². The van der Waals surface area contributed by atoms with Crippen molar-refractivity contribution in [2.45, 2.75) is 53.2 Å². The van der Waals surface area contributed by atoms with E-state index in [0.717, 1.165) is 36.1 Å². The third-order valence-electron chi connectivity index (χ3n) is 5.36. The van der Waals surface area contributed by atoms with Crippen molar-refractivity contribution in [1.29, 1.82) is 0 Å². The number of hydrogen-bond acceptors (Lipinski definition) is 2. The number of thiocarbonyl (C=S) groups is 1. The summed E-state index contributed by atoms with van der Waals surface area (Å²) in [6.45, 7) is 10.9. The molecule has 0 aliphatic heterocycles. The van der Waals surface area contributed by atoms with E-state index in [-0.39, 0.29) is 0 Å². The van der Waals surface area contributed by atoms with Crippen LogP contribution in [0.3, 0.4) is 0 Å². The maximum absolute atomic E-state index is 5.85. The summed E-state index contributed by atoms with van der Waals surface area (Å²) in [7, 11) is 0. The zero-order valence-corrected chi connectivity index (χ0v) is 18.6. The van der Waals surface area contributed by atoms with Crippen molar-refractivity contribution in [2.24, 2.45) is 0 Å². The first-order chi connectivity index (χ1) is 14.1. The van der Waals surface area contributed by atoms with Crippen LogP contribution in [0.1, 0.15) is 39.7 Å². The molecule has 0 radical (unpaired) electrons. The highest BCUT2D eigenvalue weighted by atomic mass is 32.1. The standard InChI is InChI=1S/C24H31N3OS/c1-5-18(4)27(24(29)25-21-13-9-11-15-23(21)28-7-3)17-19-16-26(6-2)22-14-10-8-12-20(19)22/h8-16,18H,5-7,17H2,1-4H3,(H,25,29)/t18-/m0/s1. The Bertz CT molecular complexity index is 966. The largest absolute Gasteiger partial charge is 0.492 e. The van der Waals surface area contributed by atoms with Crippen molar-refractivity contribution in [2.75, 3.05) is 11.9 Å². The summed E-state index contributed by atoms with van der Waals surface area (Å²) in [6, 6.07) is 16.9. The molecule has 0 unspecified atom stereocenters. The number of fused-ring (bicyclic) bond motifs is 1. The Morgan fingerprint density at radius 3 is 2.55 bits per heavy atom. The Balaban J connectivity index is 1.89. The Kier molecular flexibility index (Phi) is 7.15. The normalized spacial score (nSPS) is 12.0. The van der Waals surface area contributed by atoms with Gasteiger partial charge in [0, 0.05) is 36.2 Å². The number of anilines is 1. The summed E-state index contributed by atoms with van der Waals surface area (Å²) in [5.41, 5.74) is 3.48. The lowest BCUT2D eigenvalue weighted by Crippen LogP contribution is -2.40. The van der Waals surface area contributed by atoms with Crippen LogP contribution in [0.5, 0.6) is 5.75 Å². The number of hydrogen-bond donors (Lipinski definition) is 1. The molecule has 0 saturated carbocycles. The lowest BCUT2D eigenvalue weighted by atomic mass is 10.1. The van der Waals surface area contributed by atoms with Crippen molar-refractivity contribution in [3.05, 3.63) is 60.3 Å². The average Bonchev–Trinajstić information content (AvgIpc) is 3.10. The predicted molar refractivity (Wildman–Crippen MR) is 127 cm³/mol. The van der Waals surface area contributed by atoms with Crippen LogP contribution >= 0.6 is 12.2 Å². The van der Waals surface area contributed by atoms with Gasteiger partial charge in [-0.05, 0) is 63.2 Å². The molecule has 2 aromatic carbocycles. The molecule has 0 bridgehead atoms. The van der Waals surface area contributed by atoms with Crippen LogP contribution in [0.2, 0.25) is 0 Å². The fourth-order valence-corrected chi connectivity index (χ4v) is 3.93. The molecule has 29 heavy (non-hydrogen) atoms. The van der Waals surface area contributed by atoms with Crippen LogP contribution in [0.4, 0.5) is 5.69 Å². The SMILES string of the molecule is CCOc1ccccc1NC(=S)N(Cc1cn(CC)c2ccccc12)[C@@H](C)CC. The number of para-hydroxylation sites is 3. The topological polar surface area (TPSA) is 29.4 Å². The van der Waals surface area contributed by atoms with E-state index in [9.17, 15) is 0 Å². The average molecular weight is 410 g/mol. The van der Waals surface area contributed by atoms with Gasteiger partial charge in [-0.3, -0.25) is 0 Å². The number of nitrogens with one attached hydrogen (secondary N) is 1. The molecule has 5 heteroatoms. The number of nitrogens with zero attached hydrogens (tertiary/aromatic N) is 2.